The van der Waals surface area contributed by atoms with E-state index in [1.54, 1.807) is 0 Å². The van der Waals surface area contributed by atoms with Gasteiger partial charge in [0.05, 0.1) is 8.41 Å². The molecular formula is H6BFeNNdPr. The van der Waals surface area contributed by atoms with Crippen molar-refractivity contribution in [3.63, 3.8) is 0 Å². The zero-order valence-electron chi connectivity index (χ0n) is 2.14. The van der Waals surface area contributed by atoms with Crippen LogP contribution in [0.25, 0.3) is 0 Å². The van der Waals surface area contributed by atoms with Crippen LogP contribution >= 0.6 is 0 Å². The van der Waals surface area contributed by atoms with Gasteiger partial charge in [-0.1, -0.05) is 0 Å². The minimum Gasteiger partial charge on any atom is -0.344 e. The normalized spacial score (nSPS) is 0. The first kappa shape index (κ1) is 41.0. The first-order valence-corrected chi connectivity index (χ1v) is 0. The fourth-order valence-electron chi connectivity index (χ4n) is 0. The topological polar surface area (TPSA) is 35.0 Å². The largest absolute Gasteiger partial charge is 0.344 e. The van der Waals surface area contributed by atoms with Gasteiger partial charge in [0.15, 0.2) is 0 Å². The molecule has 0 amide bonds. The summed E-state index contributed by atoms with van der Waals surface area (Å²) in [5.41, 5.74) is 0. The standard InChI is InChI=1S/BH3.Fe.H3N.Nd.Pr/h1H3;;1H3;;. The van der Waals surface area contributed by atoms with Crippen molar-refractivity contribution in [3.8, 4) is 0 Å². The van der Waals surface area contributed by atoms with E-state index in [1.165, 1.54) is 0 Å². The third kappa shape index (κ3) is 18.9. The van der Waals surface area contributed by atoms with E-state index in [9.17, 15) is 0 Å². The van der Waals surface area contributed by atoms with Crippen LogP contribution in [0.15, 0.2) is 0 Å². The van der Waals surface area contributed by atoms with Crippen molar-refractivity contribution in [1.82, 2.24) is 6.15 Å². The van der Waals surface area contributed by atoms with Crippen LogP contribution in [0, 0.1) is 82.1 Å². The van der Waals surface area contributed by atoms with E-state index in [4.69, 9.17) is 0 Å². The van der Waals surface area contributed by atoms with Crippen molar-refractivity contribution >= 4 is 8.41 Å². The maximum atomic E-state index is 0. The van der Waals surface area contributed by atoms with Crippen LogP contribution in [0.2, 0.25) is 0 Å². The van der Waals surface area contributed by atoms with Crippen LogP contribution in [-0.2, 0) is 17.1 Å². The number of hydrogen-bond donors (Lipinski definition) is 1. The minimum absolute atomic E-state index is 0. The molecule has 0 rings (SSSR count). The van der Waals surface area contributed by atoms with Gasteiger partial charge in [-0.25, -0.2) is 0 Å². The Labute approximate surface area is 111 Å². The average Bonchev–Trinajstić information content (AvgIpc) is 0. The first-order valence-electron chi connectivity index (χ1n) is 0. The summed E-state index contributed by atoms with van der Waals surface area (Å²) in [6.07, 6.45) is 0. The van der Waals surface area contributed by atoms with Crippen LogP contribution in [0.3, 0.4) is 0 Å². The Morgan fingerprint density at radius 3 is 1.00 bits per heavy atom. The van der Waals surface area contributed by atoms with Gasteiger partial charge in [-0.05, 0) is 0 Å². The maximum absolute atomic E-state index is 0. The van der Waals surface area contributed by atoms with Crippen molar-refractivity contribution in [2.75, 3.05) is 0 Å². The van der Waals surface area contributed by atoms with Crippen molar-refractivity contribution in [1.29, 1.82) is 0 Å². The Kier molecular flexibility index (Phi) is 219. The second-order valence-corrected chi connectivity index (χ2v) is 0. The van der Waals surface area contributed by atoms with E-state index in [0.717, 1.165) is 0 Å². The van der Waals surface area contributed by atoms with E-state index in [-0.39, 0.29) is 114 Å². The van der Waals surface area contributed by atoms with Crippen molar-refractivity contribution in [3.05, 3.63) is 0 Å². The van der Waals surface area contributed by atoms with Gasteiger partial charge in [0, 0.05) is 99.2 Å². The molecule has 0 aromatic heterocycles. The quantitative estimate of drug-likeness (QED) is 0.543. The first-order chi connectivity index (χ1) is 0. The molecular weight excluding hydrogens is 366 g/mol. The predicted octanol–water partition coefficient (Wildman–Crippen LogP) is -1.02. The van der Waals surface area contributed by atoms with Crippen LogP contribution in [-0.4, -0.2) is 8.41 Å². The fourth-order valence-corrected chi connectivity index (χ4v) is 0. The molecule has 5 heavy (non-hydrogen) atoms. The zero-order chi connectivity index (χ0) is 0. The Bertz CT molecular complexity index is 11.6. The monoisotopic (exact) mass is 370 g/mol. The van der Waals surface area contributed by atoms with Gasteiger partial charge in [0.25, 0.3) is 0 Å². The van der Waals surface area contributed by atoms with Crippen LogP contribution < -0.4 is 6.15 Å². The molecule has 0 saturated heterocycles. The van der Waals surface area contributed by atoms with Gasteiger partial charge in [-0.2, -0.15) is 0 Å². The summed E-state index contributed by atoms with van der Waals surface area (Å²) < 4.78 is 0. The summed E-state index contributed by atoms with van der Waals surface area (Å²) in [7, 11) is 0. The maximum Gasteiger partial charge on any atom is 0.0814 e. The summed E-state index contributed by atoms with van der Waals surface area (Å²) in [6, 6.07) is 0. The van der Waals surface area contributed by atoms with E-state index in [0.29, 0.717) is 0 Å². The Morgan fingerprint density at radius 2 is 1.00 bits per heavy atom. The third-order valence-electron chi connectivity index (χ3n) is 0. The molecule has 0 bridgehead atoms. The third-order valence-corrected chi connectivity index (χ3v) is 0. The van der Waals surface area contributed by atoms with Gasteiger partial charge in [0.2, 0.25) is 0 Å². The SMILES string of the molecule is B.N.[Fe].[Nd].[Pr]. The Balaban J connectivity index is 0. The van der Waals surface area contributed by atoms with Crippen LogP contribution in [0.5, 0.6) is 0 Å². The van der Waals surface area contributed by atoms with Crippen molar-refractivity contribution < 1.29 is 99.2 Å². The second-order valence-electron chi connectivity index (χ2n) is 0. The summed E-state index contributed by atoms with van der Waals surface area (Å²) >= 11 is 0. The summed E-state index contributed by atoms with van der Waals surface area (Å²) in [5, 5.41) is 0. The molecule has 0 unspecified atom stereocenters. The predicted molar refractivity (Wildman–Crippen MR) is 15.0 cm³/mol. The molecule has 1 nitrogen and oxygen atoms in total. The molecule has 0 heterocycles. The molecule has 0 spiro atoms. The zero-order valence-corrected chi connectivity index (χ0v) is 10.2. The molecule has 5 heteroatoms. The summed E-state index contributed by atoms with van der Waals surface area (Å²) in [6.45, 7) is 0. The van der Waals surface area contributed by atoms with Crippen molar-refractivity contribution in [2.45, 2.75) is 0 Å². The Hall–Kier alpha value is 3.26. The molecule has 1 radical (unpaired) electrons. The summed E-state index contributed by atoms with van der Waals surface area (Å²) in [4.78, 5) is 0. The molecule has 0 saturated carbocycles. The van der Waals surface area contributed by atoms with E-state index >= 15 is 0 Å². The minimum atomic E-state index is 0. The van der Waals surface area contributed by atoms with Gasteiger partial charge in [0.1, 0.15) is 0 Å². The molecule has 0 aromatic carbocycles. The molecule has 0 fully saturated rings. The Morgan fingerprint density at radius 1 is 1.00 bits per heavy atom. The van der Waals surface area contributed by atoms with Gasteiger partial charge >= 0.3 is 0 Å². The van der Waals surface area contributed by atoms with E-state index in [1.807, 2.05) is 0 Å². The number of rotatable bonds is 0. The average molecular weight is 372 g/mol. The van der Waals surface area contributed by atoms with Crippen LogP contribution in [0.4, 0.5) is 0 Å². The molecule has 0 atom stereocenters. The van der Waals surface area contributed by atoms with Crippen LogP contribution in [0.1, 0.15) is 0 Å². The molecule has 0 aliphatic heterocycles. The molecule has 0 aliphatic rings. The van der Waals surface area contributed by atoms with E-state index < -0.39 is 0 Å². The molecule has 29 valence electrons. The molecule has 0 aliphatic carbocycles. The van der Waals surface area contributed by atoms with Gasteiger partial charge < -0.3 is 6.15 Å². The van der Waals surface area contributed by atoms with E-state index in [2.05, 4.69) is 0 Å². The molecule has 3 N–H and O–H groups in total. The fraction of sp³-hybridized carbons (Fsp3) is 0. The van der Waals surface area contributed by atoms with Gasteiger partial charge in [-0.3, -0.25) is 0 Å². The van der Waals surface area contributed by atoms with Gasteiger partial charge in [-0.15, -0.1) is 0 Å². The molecule has 0 aromatic rings. The smallest absolute Gasteiger partial charge is 0.0814 e. The summed E-state index contributed by atoms with van der Waals surface area (Å²) in [5.74, 6) is 0. The van der Waals surface area contributed by atoms with Crippen molar-refractivity contribution in [2.24, 2.45) is 0 Å². The second kappa shape index (κ2) is 26.8. The number of hydrogen-bond acceptors (Lipinski definition) is 1.